The van der Waals surface area contributed by atoms with Crippen molar-refractivity contribution in [2.24, 2.45) is 0 Å². The Bertz CT molecular complexity index is 718. The first-order valence-electron chi connectivity index (χ1n) is 8.06. The van der Waals surface area contributed by atoms with E-state index in [0.717, 1.165) is 41.7 Å². The maximum atomic E-state index is 12.5. The number of anilines is 1. The topological polar surface area (TPSA) is 62.3 Å². The lowest BCUT2D eigenvalue weighted by atomic mass is 10.1. The van der Waals surface area contributed by atoms with Crippen molar-refractivity contribution in [2.75, 3.05) is 18.4 Å². The Morgan fingerprint density at radius 1 is 1.22 bits per heavy atom. The second-order valence-electron chi connectivity index (χ2n) is 5.97. The number of hydrogen-bond donors (Lipinski definition) is 1. The molecule has 2 heterocycles. The average Bonchev–Trinajstić information content (AvgIpc) is 2.72. The van der Waals surface area contributed by atoms with Crippen LogP contribution in [0.5, 0.6) is 0 Å². The van der Waals surface area contributed by atoms with Crippen molar-refractivity contribution in [2.45, 2.75) is 39.0 Å². The first-order valence-corrected chi connectivity index (χ1v) is 8.88. The summed E-state index contributed by atoms with van der Waals surface area (Å²) in [5.74, 6) is 0.0819. The molecule has 0 atom stereocenters. The molecule has 23 heavy (non-hydrogen) atoms. The van der Waals surface area contributed by atoms with E-state index in [4.69, 9.17) is 0 Å². The molecule has 1 aromatic carbocycles. The summed E-state index contributed by atoms with van der Waals surface area (Å²) >= 11 is 1.44. The smallest absolute Gasteiger partial charge is 0.226 e. The molecule has 2 aromatic rings. The highest BCUT2D eigenvalue weighted by atomic mass is 32.1. The van der Waals surface area contributed by atoms with Crippen molar-refractivity contribution in [1.29, 1.82) is 0 Å². The van der Waals surface area contributed by atoms with E-state index in [1.807, 2.05) is 23.1 Å². The summed E-state index contributed by atoms with van der Waals surface area (Å²) in [4.78, 5) is 29.9. The Labute approximate surface area is 139 Å². The number of benzene rings is 1. The molecule has 0 radical (unpaired) electrons. The molecule has 0 aliphatic carbocycles. The van der Waals surface area contributed by atoms with Crippen LogP contribution in [-0.2, 0) is 16.0 Å². The van der Waals surface area contributed by atoms with Crippen molar-refractivity contribution in [3.8, 4) is 0 Å². The van der Waals surface area contributed by atoms with Crippen molar-refractivity contribution in [3.05, 3.63) is 23.8 Å². The molecule has 1 fully saturated rings. The van der Waals surface area contributed by atoms with Crippen LogP contribution in [0.3, 0.4) is 0 Å². The average molecular weight is 331 g/mol. The number of likely N-dealkylation sites (tertiary alicyclic amines) is 1. The molecular weight excluding hydrogens is 310 g/mol. The van der Waals surface area contributed by atoms with Gasteiger partial charge in [-0.15, -0.1) is 0 Å². The summed E-state index contributed by atoms with van der Waals surface area (Å²) in [5, 5.41) is 3.31. The molecule has 1 aromatic heterocycles. The van der Waals surface area contributed by atoms with Gasteiger partial charge in [-0.25, -0.2) is 4.98 Å². The van der Waals surface area contributed by atoms with E-state index in [1.165, 1.54) is 31.1 Å². The highest BCUT2D eigenvalue weighted by molar-refractivity contribution is 7.22. The molecule has 2 amide bonds. The molecule has 0 bridgehead atoms. The van der Waals surface area contributed by atoms with Gasteiger partial charge in [0.15, 0.2) is 5.13 Å². The van der Waals surface area contributed by atoms with Crippen molar-refractivity contribution < 1.29 is 9.59 Å². The summed E-state index contributed by atoms with van der Waals surface area (Å²) < 4.78 is 0.995. The minimum Gasteiger partial charge on any atom is -0.342 e. The second-order valence-corrected chi connectivity index (χ2v) is 7.00. The number of carbonyl (C=O) groups excluding carboxylic acids is 2. The van der Waals surface area contributed by atoms with Crippen LogP contribution in [0, 0.1) is 0 Å². The third-order valence-electron chi connectivity index (χ3n) is 4.05. The van der Waals surface area contributed by atoms with E-state index >= 15 is 0 Å². The zero-order valence-corrected chi connectivity index (χ0v) is 14.1. The van der Waals surface area contributed by atoms with Crippen LogP contribution in [0.15, 0.2) is 18.2 Å². The Kier molecular flexibility index (Phi) is 4.91. The number of nitrogens with one attached hydrogen (secondary N) is 1. The lowest BCUT2D eigenvalue weighted by molar-refractivity contribution is -0.130. The molecule has 0 spiro atoms. The van der Waals surface area contributed by atoms with Gasteiger partial charge < -0.3 is 10.2 Å². The number of thiazole rings is 1. The molecular formula is C17H21N3O2S. The van der Waals surface area contributed by atoms with Crippen molar-refractivity contribution in [1.82, 2.24) is 9.88 Å². The molecule has 1 aliphatic rings. The fourth-order valence-corrected chi connectivity index (χ4v) is 3.87. The van der Waals surface area contributed by atoms with Gasteiger partial charge in [-0.05, 0) is 30.5 Å². The zero-order chi connectivity index (χ0) is 16.2. The molecule has 1 aliphatic heterocycles. The number of hydrogen-bond acceptors (Lipinski definition) is 4. The van der Waals surface area contributed by atoms with Crippen LogP contribution in [-0.4, -0.2) is 34.8 Å². The maximum absolute atomic E-state index is 12.5. The lowest BCUT2D eigenvalue weighted by Crippen LogP contribution is -2.33. The van der Waals surface area contributed by atoms with E-state index in [-0.39, 0.29) is 11.8 Å². The molecule has 0 saturated carbocycles. The molecule has 1 N–H and O–H groups in total. The largest absolute Gasteiger partial charge is 0.342 e. The number of amides is 2. The first-order chi connectivity index (χ1) is 11.1. The van der Waals surface area contributed by atoms with E-state index in [2.05, 4.69) is 10.3 Å². The highest BCUT2D eigenvalue weighted by Crippen LogP contribution is 2.27. The first kappa shape index (κ1) is 15.9. The Hall–Kier alpha value is -1.95. The van der Waals surface area contributed by atoms with Gasteiger partial charge in [0.2, 0.25) is 11.8 Å². The summed E-state index contributed by atoms with van der Waals surface area (Å²) in [7, 11) is 0. The number of carbonyl (C=O) groups is 2. The van der Waals surface area contributed by atoms with E-state index in [9.17, 15) is 9.59 Å². The number of aromatic nitrogens is 1. The highest BCUT2D eigenvalue weighted by Gasteiger charge is 2.16. The molecule has 6 heteroatoms. The fraction of sp³-hybridized carbons (Fsp3) is 0.471. The SMILES string of the molecule is CC(=O)Nc1nc2ccc(CC(=O)N3CCCCCC3)cc2s1. The summed E-state index contributed by atoms with van der Waals surface area (Å²) in [6.07, 6.45) is 5.10. The van der Waals surface area contributed by atoms with Crippen LogP contribution in [0.1, 0.15) is 38.2 Å². The van der Waals surface area contributed by atoms with E-state index in [1.54, 1.807) is 0 Å². The molecule has 0 unspecified atom stereocenters. The Balaban J connectivity index is 1.72. The van der Waals surface area contributed by atoms with Gasteiger partial charge in [-0.3, -0.25) is 9.59 Å². The minimum atomic E-state index is -0.124. The predicted molar refractivity (Wildman–Crippen MR) is 92.7 cm³/mol. The quantitative estimate of drug-likeness (QED) is 0.939. The Morgan fingerprint density at radius 2 is 1.96 bits per heavy atom. The third-order valence-corrected chi connectivity index (χ3v) is 4.98. The minimum absolute atomic E-state index is 0.124. The standard InChI is InChI=1S/C17H21N3O2S/c1-12(21)18-17-19-14-7-6-13(10-15(14)23-17)11-16(22)20-8-4-2-3-5-9-20/h6-7,10H,2-5,8-9,11H2,1H3,(H,18,19,21). The maximum Gasteiger partial charge on any atom is 0.226 e. The number of rotatable bonds is 3. The van der Waals surface area contributed by atoms with Gasteiger partial charge in [0.05, 0.1) is 16.6 Å². The van der Waals surface area contributed by atoms with Crippen LogP contribution in [0.4, 0.5) is 5.13 Å². The molecule has 122 valence electrons. The van der Waals surface area contributed by atoms with Gasteiger partial charge in [0.1, 0.15) is 0 Å². The van der Waals surface area contributed by atoms with E-state index < -0.39 is 0 Å². The van der Waals surface area contributed by atoms with Crippen molar-refractivity contribution in [3.63, 3.8) is 0 Å². The van der Waals surface area contributed by atoms with Gasteiger partial charge in [-0.2, -0.15) is 0 Å². The van der Waals surface area contributed by atoms with Crippen LogP contribution in [0.2, 0.25) is 0 Å². The van der Waals surface area contributed by atoms with Crippen molar-refractivity contribution >= 4 is 38.5 Å². The number of fused-ring (bicyclic) bond motifs is 1. The van der Waals surface area contributed by atoms with Gasteiger partial charge >= 0.3 is 0 Å². The van der Waals surface area contributed by atoms with Gasteiger partial charge in [0, 0.05) is 20.0 Å². The van der Waals surface area contributed by atoms with Crippen LogP contribution < -0.4 is 5.32 Å². The third kappa shape index (κ3) is 4.07. The second kappa shape index (κ2) is 7.08. The summed E-state index contributed by atoms with van der Waals surface area (Å²) in [6, 6.07) is 5.88. The fourth-order valence-electron chi connectivity index (χ4n) is 2.89. The summed E-state index contributed by atoms with van der Waals surface area (Å²) in [5.41, 5.74) is 1.86. The van der Waals surface area contributed by atoms with Crippen LogP contribution >= 0.6 is 11.3 Å². The lowest BCUT2D eigenvalue weighted by Gasteiger charge is -2.20. The van der Waals surface area contributed by atoms with Gasteiger partial charge in [-0.1, -0.05) is 30.2 Å². The van der Waals surface area contributed by atoms with Gasteiger partial charge in [0.25, 0.3) is 0 Å². The van der Waals surface area contributed by atoms with E-state index in [0.29, 0.717) is 11.6 Å². The zero-order valence-electron chi connectivity index (χ0n) is 13.3. The normalized spacial score (nSPS) is 15.4. The monoisotopic (exact) mass is 331 g/mol. The Morgan fingerprint density at radius 3 is 2.65 bits per heavy atom. The predicted octanol–water partition coefficient (Wildman–Crippen LogP) is 3.20. The summed E-state index contributed by atoms with van der Waals surface area (Å²) in [6.45, 7) is 3.24. The van der Waals surface area contributed by atoms with Crippen LogP contribution in [0.25, 0.3) is 10.2 Å². The molecule has 3 rings (SSSR count). The molecule has 1 saturated heterocycles. The molecule has 5 nitrogen and oxygen atoms in total. The number of nitrogens with zero attached hydrogens (tertiary/aromatic N) is 2.